The van der Waals surface area contributed by atoms with Gasteiger partial charge in [0.1, 0.15) is 0 Å². The normalized spacial score (nSPS) is 12.5. The summed E-state index contributed by atoms with van der Waals surface area (Å²) < 4.78 is 0. The molecule has 1 atom stereocenters. The third-order valence-electron chi connectivity index (χ3n) is 1.59. The van der Waals surface area contributed by atoms with Gasteiger partial charge in [0, 0.05) is 17.1 Å². The van der Waals surface area contributed by atoms with Crippen LogP contribution in [0.5, 0.6) is 0 Å². The van der Waals surface area contributed by atoms with Crippen molar-refractivity contribution in [1.29, 1.82) is 0 Å². The first-order valence-corrected chi connectivity index (χ1v) is 4.97. The highest BCUT2D eigenvalue weighted by atomic mass is 35.5. The Morgan fingerprint density at radius 1 is 1.38 bits per heavy atom. The largest absolute Gasteiger partial charge is 0.390 e. The van der Waals surface area contributed by atoms with Crippen molar-refractivity contribution in [3.05, 3.63) is 24.3 Å². The molecule has 2 nitrogen and oxygen atoms in total. The van der Waals surface area contributed by atoms with E-state index in [1.807, 2.05) is 24.3 Å². The fraction of sp³-hybridized carbons (Fsp3) is 0.333. The van der Waals surface area contributed by atoms with E-state index in [0.717, 1.165) is 10.6 Å². The summed E-state index contributed by atoms with van der Waals surface area (Å²) in [5, 5.41) is 12.2. The predicted octanol–water partition coefficient (Wildman–Crippen LogP) is 1.99. The van der Waals surface area contributed by atoms with E-state index in [0.29, 0.717) is 6.54 Å². The Morgan fingerprint density at radius 2 is 2.00 bits per heavy atom. The maximum Gasteiger partial charge on any atom is 0.0847 e. The topological polar surface area (TPSA) is 32.3 Å². The van der Waals surface area contributed by atoms with Gasteiger partial charge in [-0.25, -0.2) is 0 Å². The van der Waals surface area contributed by atoms with Gasteiger partial charge < -0.3 is 10.4 Å². The van der Waals surface area contributed by atoms with Crippen LogP contribution in [0.15, 0.2) is 29.2 Å². The summed E-state index contributed by atoms with van der Waals surface area (Å²) in [6, 6.07) is 7.59. The van der Waals surface area contributed by atoms with E-state index in [9.17, 15) is 0 Å². The zero-order valence-corrected chi connectivity index (χ0v) is 8.72. The number of aliphatic hydroxyl groups excluding tert-OH is 1. The highest BCUT2D eigenvalue weighted by Gasteiger charge is 2.00. The molecule has 0 spiro atoms. The molecule has 4 heteroatoms. The summed E-state index contributed by atoms with van der Waals surface area (Å²) in [6.45, 7) is 0.468. The molecule has 1 rings (SSSR count). The molecule has 0 bridgehead atoms. The van der Waals surface area contributed by atoms with Crippen LogP contribution < -0.4 is 5.32 Å². The van der Waals surface area contributed by atoms with Crippen molar-refractivity contribution in [2.45, 2.75) is 11.0 Å². The molecular formula is C9H12ClNOS. The fourth-order valence-electron chi connectivity index (χ4n) is 0.869. The Hall–Kier alpha value is -0.380. The standard InChI is InChI=1S/C9H12ClNOS/c10-5-8(12)6-11-7-1-3-9(13)4-2-7/h1-4,8,11-13H,5-6H2. The first kappa shape index (κ1) is 10.7. The summed E-state index contributed by atoms with van der Waals surface area (Å²) in [7, 11) is 0. The molecule has 1 aromatic rings. The average Bonchev–Trinajstić information content (AvgIpc) is 2.16. The zero-order valence-electron chi connectivity index (χ0n) is 7.07. The van der Waals surface area contributed by atoms with Crippen molar-refractivity contribution in [3.8, 4) is 0 Å². The Balaban J connectivity index is 2.41. The molecule has 0 heterocycles. The number of anilines is 1. The molecule has 2 N–H and O–H groups in total. The minimum atomic E-state index is -0.502. The van der Waals surface area contributed by atoms with Gasteiger partial charge in [0.2, 0.25) is 0 Å². The minimum absolute atomic E-state index is 0.248. The Bertz CT molecular complexity index is 252. The van der Waals surface area contributed by atoms with Crippen molar-refractivity contribution in [2.75, 3.05) is 17.7 Å². The van der Waals surface area contributed by atoms with Crippen LogP contribution in [0.25, 0.3) is 0 Å². The summed E-state index contributed by atoms with van der Waals surface area (Å²) >= 11 is 9.60. The SMILES string of the molecule is OC(CCl)CNc1ccc(S)cc1. The second kappa shape index (κ2) is 5.37. The van der Waals surface area contributed by atoms with Gasteiger partial charge in [-0.15, -0.1) is 24.2 Å². The number of thiol groups is 1. The van der Waals surface area contributed by atoms with Crippen LogP contribution in [0.4, 0.5) is 5.69 Å². The van der Waals surface area contributed by atoms with E-state index in [1.54, 1.807) is 0 Å². The van der Waals surface area contributed by atoms with Gasteiger partial charge in [-0.1, -0.05) is 0 Å². The monoisotopic (exact) mass is 217 g/mol. The fourth-order valence-corrected chi connectivity index (χ4v) is 1.13. The third-order valence-corrected chi connectivity index (χ3v) is 2.24. The number of hydrogen-bond acceptors (Lipinski definition) is 3. The van der Waals surface area contributed by atoms with Crippen molar-refractivity contribution >= 4 is 29.9 Å². The van der Waals surface area contributed by atoms with Gasteiger partial charge in [0.05, 0.1) is 12.0 Å². The van der Waals surface area contributed by atoms with Crippen molar-refractivity contribution in [3.63, 3.8) is 0 Å². The quantitative estimate of drug-likeness (QED) is 0.533. The molecule has 0 radical (unpaired) electrons. The van der Waals surface area contributed by atoms with E-state index in [2.05, 4.69) is 17.9 Å². The van der Waals surface area contributed by atoms with Crippen LogP contribution in [-0.4, -0.2) is 23.6 Å². The molecule has 13 heavy (non-hydrogen) atoms. The second-order valence-corrected chi connectivity index (χ2v) is 3.56. The molecule has 0 amide bonds. The van der Waals surface area contributed by atoms with E-state index >= 15 is 0 Å². The van der Waals surface area contributed by atoms with Gasteiger partial charge in [-0.3, -0.25) is 0 Å². The number of rotatable bonds is 4. The molecule has 0 aliphatic heterocycles. The molecule has 0 saturated heterocycles. The molecule has 0 aromatic heterocycles. The Morgan fingerprint density at radius 3 is 2.54 bits per heavy atom. The van der Waals surface area contributed by atoms with Crippen LogP contribution in [-0.2, 0) is 0 Å². The lowest BCUT2D eigenvalue weighted by atomic mass is 10.3. The molecule has 1 aromatic carbocycles. The number of halogens is 1. The summed E-state index contributed by atoms with van der Waals surface area (Å²) in [4.78, 5) is 0.920. The molecule has 0 fully saturated rings. The van der Waals surface area contributed by atoms with Crippen LogP contribution in [0.1, 0.15) is 0 Å². The highest BCUT2D eigenvalue weighted by Crippen LogP contribution is 2.11. The number of nitrogens with one attached hydrogen (secondary N) is 1. The molecule has 1 unspecified atom stereocenters. The Labute approximate surface area is 88.3 Å². The van der Waals surface area contributed by atoms with E-state index in [1.165, 1.54) is 0 Å². The second-order valence-electron chi connectivity index (χ2n) is 2.74. The van der Waals surface area contributed by atoms with Gasteiger partial charge in [-0.2, -0.15) is 0 Å². The van der Waals surface area contributed by atoms with E-state index in [4.69, 9.17) is 16.7 Å². The van der Waals surface area contributed by atoms with E-state index in [-0.39, 0.29) is 5.88 Å². The number of alkyl halides is 1. The van der Waals surface area contributed by atoms with Crippen LogP contribution in [0.2, 0.25) is 0 Å². The maximum atomic E-state index is 9.16. The van der Waals surface area contributed by atoms with Gasteiger partial charge in [0.15, 0.2) is 0 Å². The van der Waals surface area contributed by atoms with Crippen molar-refractivity contribution < 1.29 is 5.11 Å². The minimum Gasteiger partial charge on any atom is -0.390 e. The Kier molecular flexibility index (Phi) is 4.42. The first-order valence-electron chi connectivity index (χ1n) is 3.99. The summed E-state index contributed by atoms with van der Waals surface area (Å²) in [6.07, 6.45) is -0.502. The first-order chi connectivity index (χ1) is 6.22. The number of aliphatic hydroxyl groups is 1. The lowest BCUT2D eigenvalue weighted by Gasteiger charge is -2.09. The highest BCUT2D eigenvalue weighted by molar-refractivity contribution is 7.80. The van der Waals surface area contributed by atoms with Crippen molar-refractivity contribution in [1.82, 2.24) is 0 Å². The summed E-state index contributed by atoms with van der Waals surface area (Å²) in [5.74, 6) is 0.248. The lowest BCUT2D eigenvalue weighted by molar-refractivity contribution is 0.211. The van der Waals surface area contributed by atoms with Crippen LogP contribution in [0.3, 0.4) is 0 Å². The summed E-state index contributed by atoms with van der Waals surface area (Å²) in [5.41, 5.74) is 0.960. The smallest absolute Gasteiger partial charge is 0.0847 e. The van der Waals surface area contributed by atoms with Gasteiger partial charge in [-0.05, 0) is 24.3 Å². The van der Waals surface area contributed by atoms with Crippen molar-refractivity contribution in [2.24, 2.45) is 0 Å². The van der Waals surface area contributed by atoms with E-state index < -0.39 is 6.10 Å². The van der Waals surface area contributed by atoms with Gasteiger partial charge >= 0.3 is 0 Å². The van der Waals surface area contributed by atoms with Gasteiger partial charge in [0.25, 0.3) is 0 Å². The molecule has 0 aliphatic rings. The maximum absolute atomic E-state index is 9.16. The van der Waals surface area contributed by atoms with Crippen LogP contribution in [0, 0.1) is 0 Å². The predicted molar refractivity (Wildman–Crippen MR) is 58.9 cm³/mol. The molecular weight excluding hydrogens is 206 g/mol. The lowest BCUT2D eigenvalue weighted by Crippen LogP contribution is -2.20. The molecule has 0 saturated carbocycles. The van der Waals surface area contributed by atoms with Crippen LogP contribution >= 0.6 is 24.2 Å². The number of hydrogen-bond donors (Lipinski definition) is 3. The molecule has 0 aliphatic carbocycles. The number of benzene rings is 1. The molecule has 72 valence electrons. The average molecular weight is 218 g/mol. The third kappa shape index (κ3) is 3.89. The zero-order chi connectivity index (χ0) is 9.68.